The molecule has 1 heterocycles. The molecular weight excluding hydrogens is 372 g/mol. The zero-order valence-corrected chi connectivity index (χ0v) is 16.9. The Hall–Kier alpha value is -2.44. The second-order valence-electron chi connectivity index (χ2n) is 7.02. The summed E-state index contributed by atoms with van der Waals surface area (Å²) in [4.78, 5) is 14.8. The first-order chi connectivity index (χ1) is 13.4. The molecule has 2 aromatic rings. The molecule has 0 spiro atoms. The summed E-state index contributed by atoms with van der Waals surface area (Å²) in [5.74, 6) is -0.193. The van der Waals surface area contributed by atoms with Gasteiger partial charge in [0.15, 0.2) is 0 Å². The highest BCUT2D eigenvalue weighted by Gasteiger charge is 2.31. The first-order valence-electron chi connectivity index (χ1n) is 9.55. The van der Waals surface area contributed by atoms with Crippen molar-refractivity contribution in [3.8, 4) is 0 Å². The summed E-state index contributed by atoms with van der Waals surface area (Å²) in [6.45, 7) is 6.59. The second kappa shape index (κ2) is 8.71. The molecule has 0 aromatic heterocycles. The second-order valence-corrected chi connectivity index (χ2v) is 8.92. The van der Waals surface area contributed by atoms with Crippen molar-refractivity contribution in [1.82, 2.24) is 4.31 Å². The number of piperidine rings is 1. The summed E-state index contributed by atoms with van der Waals surface area (Å²) in [5.41, 5.74) is 1.21. The lowest BCUT2D eigenvalue weighted by Gasteiger charge is -2.32. The van der Waals surface area contributed by atoms with E-state index in [4.69, 9.17) is 0 Å². The van der Waals surface area contributed by atoms with Gasteiger partial charge in [0, 0.05) is 30.4 Å². The van der Waals surface area contributed by atoms with Crippen LogP contribution in [-0.4, -0.2) is 37.8 Å². The van der Waals surface area contributed by atoms with E-state index in [2.05, 4.69) is 6.58 Å². The van der Waals surface area contributed by atoms with E-state index in [1.807, 2.05) is 37.3 Å². The number of nitrogens with zero attached hydrogens (tertiary/aromatic N) is 2. The molecule has 6 heteroatoms. The Balaban J connectivity index is 1.85. The van der Waals surface area contributed by atoms with Crippen LogP contribution in [-0.2, 0) is 10.0 Å². The van der Waals surface area contributed by atoms with Gasteiger partial charge in [0.1, 0.15) is 0 Å². The maximum atomic E-state index is 13.0. The van der Waals surface area contributed by atoms with Crippen LogP contribution in [0.15, 0.2) is 72.1 Å². The van der Waals surface area contributed by atoms with Crippen molar-refractivity contribution in [3.05, 3.63) is 72.8 Å². The molecule has 1 fully saturated rings. The van der Waals surface area contributed by atoms with Gasteiger partial charge in [0.05, 0.1) is 4.90 Å². The zero-order valence-electron chi connectivity index (χ0n) is 16.1. The van der Waals surface area contributed by atoms with E-state index in [1.165, 1.54) is 12.1 Å². The first-order valence-corrected chi connectivity index (χ1v) is 11.0. The number of hydrogen-bond acceptors (Lipinski definition) is 3. The molecule has 1 atom stereocenters. The minimum absolute atomic E-state index is 0.00113. The highest BCUT2D eigenvalue weighted by molar-refractivity contribution is 7.89. The molecular formula is C22H26N2O3S. The highest BCUT2D eigenvalue weighted by atomic mass is 32.2. The van der Waals surface area contributed by atoms with Gasteiger partial charge in [0.2, 0.25) is 10.0 Å². The number of anilines is 1. The van der Waals surface area contributed by atoms with Crippen molar-refractivity contribution in [2.24, 2.45) is 0 Å². The van der Waals surface area contributed by atoms with Crippen LogP contribution >= 0.6 is 0 Å². The van der Waals surface area contributed by atoms with Gasteiger partial charge in [0.25, 0.3) is 5.91 Å². The topological polar surface area (TPSA) is 57.7 Å². The smallest absolute Gasteiger partial charge is 0.258 e. The van der Waals surface area contributed by atoms with E-state index in [0.29, 0.717) is 18.7 Å². The maximum absolute atomic E-state index is 13.0. The lowest BCUT2D eigenvalue weighted by atomic mass is 10.1. The fourth-order valence-electron chi connectivity index (χ4n) is 3.53. The van der Waals surface area contributed by atoms with Crippen molar-refractivity contribution < 1.29 is 13.2 Å². The van der Waals surface area contributed by atoms with Crippen molar-refractivity contribution >= 4 is 21.6 Å². The highest BCUT2D eigenvalue weighted by Crippen LogP contribution is 2.26. The average Bonchev–Trinajstić information content (AvgIpc) is 2.72. The van der Waals surface area contributed by atoms with Gasteiger partial charge in [-0.2, -0.15) is 4.31 Å². The van der Waals surface area contributed by atoms with Gasteiger partial charge in [-0.25, -0.2) is 8.42 Å². The molecule has 3 rings (SSSR count). The number of carbonyl (C=O) groups is 1. The predicted molar refractivity (Wildman–Crippen MR) is 112 cm³/mol. The summed E-state index contributed by atoms with van der Waals surface area (Å²) >= 11 is 0. The van der Waals surface area contributed by atoms with Crippen molar-refractivity contribution in [2.75, 3.05) is 18.0 Å². The molecule has 0 N–H and O–H groups in total. The first kappa shape index (κ1) is 20.3. The Morgan fingerprint density at radius 3 is 2.43 bits per heavy atom. The molecule has 5 nitrogen and oxygen atoms in total. The van der Waals surface area contributed by atoms with Crippen LogP contribution in [0.5, 0.6) is 0 Å². The molecule has 0 radical (unpaired) electrons. The summed E-state index contributed by atoms with van der Waals surface area (Å²) in [7, 11) is -3.54. The van der Waals surface area contributed by atoms with E-state index in [-0.39, 0.29) is 16.8 Å². The Bertz CT molecular complexity index is 924. The number of hydrogen-bond donors (Lipinski definition) is 0. The molecule has 0 bridgehead atoms. The number of sulfonamides is 1. The fourth-order valence-corrected chi connectivity index (χ4v) is 5.23. The SMILES string of the molecule is C=CCN(C(=O)c1ccc(S(=O)(=O)N2CCCCC2C)cc1)c1ccccc1. The lowest BCUT2D eigenvalue weighted by Crippen LogP contribution is -2.41. The van der Waals surface area contributed by atoms with Gasteiger partial charge < -0.3 is 4.90 Å². The van der Waals surface area contributed by atoms with Crippen LogP contribution in [0.1, 0.15) is 36.5 Å². The molecule has 28 heavy (non-hydrogen) atoms. The summed E-state index contributed by atoms with van der Waals surface area (Å²) < 4.78 is 27.5. The molecule has 148 valence electrons. The Morgan fingerprint density at radius 2 is 1.82 bits per heavy atom. The Kier molecular flexibility index (Phi) is 6.31. The van der Waals surface area contributed by atoms with E-state index >= 15 is 0 Å². The van der Waals surface area contributed by atoms with E-state index in [0.717, 1.165) is 24.9 Å². The summed E-state index contributed by atoms with van der Waals surface area (Å²) in [6.07, 6.45) is 4.48. The Labute approximate surface area is 167 Å². The van der Waals surface area contributed by atoms with E-state index in [1.54, 1.807) is 27.4 Å². The summed E-state index contributed by atoms with van der Waals surface area (Å²) in [5, 5.41) is 0. The minimum Gasteiger partial charge on any atom is -0.305 e. The number of rotatable bonds is 6. The number of para-hydroxylation sites is 1. The fraction of sp³-hybridized carbons (Fsp3) is 0.318. The molecule has 0 aliphatic carbocycles. The third-order valence-corrected chi connectivity index (χ3v) is 7.10. The lowest BCUT2D eigenvalue weighted by molar-refractivity contribution is 0.0989. The molecule has 1 unspecified atom stereocenters. The minimum atomic E-state index is -3.54. The van der Waals surface area contributed by atoms with Crippen LogP contribution in [0.25, 0.3) is 0 Å². The van der Waals surface area contributed by atoms with Crippen LogP contribution in [0.2, 0.25) is 0 Å². The zero-order chi connectivity index (χ0) is 20.1. The van der Waals surface area contributed by atoms with Crippen LogP contribution in [0.4, 0.5) is 5.69 Å². The van der Waals surface area contributed by atoms with E-state index in [9.17, 15) is 13.2 Å². The van der Waals surface area contributed by atoms with Crippen molar-refractivity contribution in [3.63, 3.8) is 0 Å². The molecule has 1 aliphatic heterocycles. The Morgan fingerprint density at radius 1 is 1.14 bits per heavy atom. The van der Waals surface area contributed by atoms with Crippen molar-refractivity contribution in [1.29, 1.82) is 0 Å². The van der Waals surface area contributed by atoms with Gasteiger partial charge in [-0.1, -0.05) is 30.7 Å². The van der Waals surface area contributed by atoms with E-state index < -0.39 is 10.0 Å². The normalized spacial score (nSPS) is 17.8. The molecule has 1 aliphatic rings. The molecule has 2 aromatic carbocycles. The molecule has 0 saturated carbocycles. The largest absolute Gasteiger partial charge is 0.305 e. The third-order valence-electron chi connectivity index (χ3n) is 5.07. The standard InChI is InChI=1S/C22H26N2O3S/c1-3-16-23(20-10-5-4-6-11-20)22(25)19-12-14-21(15-13-19)28(26,27)24-17-8-7-9-18(24)2/h3-6,10-15,18H,1,7-9,16-17H2,2H3. The monoisotopic (exact) mass is 398 g/mol. The van der Waals surface area contributed by atoms with Gasteiger partial charge >= 0.3 is 0 Å². The van der Waals surface area contributed by atoms with Crippen LogP contribution in [0, 0.1) is 0 Å². The molecule has 1 amide bonds. The number of amides is 1. The average molecular weight is 399 g/mol. The molecule has 1 saturated heterocycles. The van der Waals surface area contributed by atoms with Crippen molar-refractivity contribution in [2.45, 2.75) is 37.1 Å². The van der Waals surface area contributed by atoms with Crippen LogP contribution in [0.3, 0.4) is 0 Å². The quantitative estimate of drug-likeness (QED) is 0.689. The number of benzene rings is 2. The van der Waals surface area contributed by atoms with Crippen LogP contribution < -0.4 is 4.90 Å². The van der Waals surface area contributed by atoms with Gasteiger partial charge in [-0.05, 0) is 56.2 Å². The predicted octanol–water partition coefficient (Wildman–Crippen LogP) is 4.08. The third kappa shape index (κ3) is 4.18. The maximum Gasteiger partial charge on any atom is 0.258 e. The summed E-state index contributed by atoms with van der Waals surface area (Å²) in [6, 6.07) is 15.6. The van der Waals surface area contributed by atoms with Gasteiger partial charge in [-0.3, -0.25) is 4.79 Å². The number of carbonyl (C=O) groups excluding carboxylic acids is 1. The van der Waals surface area contributed by atoms with Gasteiger partial charge in [-0.15, -0.1) is 6.58 Å².